The monoisotopic (exact) mass is 518 g/mol. The highest BCUT2D eigenvalue weighted by molar-refractivity contribution is 6.20. The second-order valence-corrected chi connectivity index (χ2v) is 10.6. The van der Waals surface area contributed by atoms with Crippen molar-refractivity contribution in [2.45, 2.75) is 31.2 Å². The largest absolute Gasteiger partial charge is 0.455 e. The number of nitrogens with zero attached hydrogens (tertiary/aromatic N) is 2. The molecule has 3 nitrogen and oxygen atoms in total. The predicted molar refractivity (Wildman–Crippen MR) is 168 cm³/mol. The fourth-order valence-corrected chi connectivity index (χ4v) is 6.45. The Hall–Kier alpha value is -4.76. The van der Waals surface area contributed by atoms with E-state index in [0.29, 0.717) is 6.42 Å². The minimum absolute atomic E-state index is 0.0677. The minimum Gasteiger partial charge on any atom is -0.455 e. The molecule has 3 heteroatoms. The van der Waals surface area contributed by atoms with Gasteiger partial charge in [-0.2, -0.15) is 0 Å². The number of fused-ring (bicyclic) bond motifs is 8. The smallest absolute Gasteiger partial charge is 0.145 e. The molecular formula is C37H30N2O. The molecule has 4 aromatic carbocycles. The molecule has 2 aliphatic rings. The van der Waals surface area contributed by atoms with Crippen molar-refractivity contribution in [2.24, 2.45) is 9.98 Å². The summed E-state index contributed by atoms with van der Waals surface area (Å²) >= 11 is 0. The fraction of sp³-hybridized carbons (Fsp3) is 0.135. The average molecular weight is 519 g/mol. The Morgan fingerprint density at radius 2 is 1.60 bits per heavy atom. The highest BCUT2D eigenvalue weighted by Gasteiger charge is 2.32. The molecular weight excluding hydrogens is 488 g/mol. The first kappa shape index (κ1) is 24.3. The maximum absolute atomic E-state index is 6.58. The summed E-state index contributed by atoms with van der Waals surface area (Å²) < 4.78 is 6.58. The van der Waals surface area contributed by atoms with Gasteiger partial charge < -0.3 is 4.42 Å². The van der Waals surface area contributed by atoms with E-state index in [1.165, 1.54) is 27.8 Å². The van der Waals surface area contributed by atoms with Crippen molar-refractivity contribution in [2.75, 3.05) is 0 Å². The second kappa shape index (κ2) is 9.77. The number of furan rings is 1. The van der Waals surface area contributed by atoms with E-state index in [-0.39, 0.29) is 12.0 Å². The summed E-state index contributed by atoms with van der Waals surface area (Å²) in [6, 6.07) is 30.0. The van der Waals surface area contributed by atoms with Crippen LogP contribution in [0.3, 0.4) is 0 Å². The highest BCUT2D eigenvalue weighted by Crippen LogP contribution is 2.40. The van der Waals surface area contributed by atoms with Crippen molar-refractivity contribution in [3.05, 3.63) is 145 Å². The first-order chi connectivity index (χ1) is 19.6. The van der Waals surface area contributed by atoms with Gasteiger partial charge in [-0.05, 0) is 59.4 Å². The molecule has 0 saturated heterocycles. The van der Waals surface area contributed by atoms with Gasteiger partial charge in [0.25, 0.3) is 0 Å². The molecule has 2 unspecified atom stereocenters. The number of hydrogen-bond donors (Lipinski definition) is 0. The van der Waals surface area contributed by atoms with Gasteiger partial charge >= 0.3 is 0 Å². The van der Waals surface area contributed by atoms with E-state index in [1.54, 1.807) is 0 Å². The number of allylic oxidation sites excluding steroid dienone is 2. The van der Waals surface area contributed by atoms with Gasteiger partial charge in [0.05, 0.1) is 17.5 Å². The van der Waals surface area contributed by atoms with Crippen LogP contribution in [0.2, 0.25) is 0 Å². The molecule has 40 heavy (non-hydrogen) atoms. The van der Waals surface area contributed by atoms with E-state index in [9.17, 15) is 0 Å². The Bertz CT molecular complexity index is 1890. The molecule has 3 heterocycles. The lowest BCUT2D eigenvalue weighted by Gasteiger charge is -2.32. The molecule has 2 atom stereocenters. The lowest BCUT2D eigenvalue weighted by molar-refractivity contribution is 0.490. The summed E-state index contributed by atoms with van der Waals surface area (Å²) in [7, 11) is 0. The van der Waals surface area contributed by atoms with Crippen LogP contribution in [0.25, 0.3) is 33.1 Å². The number of rotatable bonds is 3. The predicted octanol–water partition coefficient (Wildman–Crippen LogP) is 9.22. The molecule has 0 radical (unpaired) electrons. The average Bonchev–Trinajstić information content (AvgIpc) is 3.37. The Kier molecular flexibility index (Phi) is 5.93. The van der Waals surface area contributed by atoms with Gasteiger partial charge in [-0.1, -0.05) is 92.5 Å². The van der Waals surface area contributed by atoms with Crippen LogP contribution in [-0.2, 0) is 6.42 Å². The molecule has 0 N–H and O–H groups in total. The van der Waals surface area contributed by atoms with Crippen LogP contribution in [-0.4, -0.2) is 17.5 Å². The third kappa shape index (κ3) is 3.97. The summed E-state index contributed by atoms with van der Waals surface area (Å²) in [6.07, 6.45) is 6.22. The van der Waals surface area contributed by atoms with Crippen LogP contribution >= 0.6 is 0 Å². The van der Waals surface area contributed by atoms with E-state index in [1.807, 2.05) is 18.2 Å². The molecule has 7 rings (SSSR count). The van der Waals surface area contributed by atoms with Crippen molar-refractivity contribution in [1.82, 2.24) is 0 Å². The third-order valence-corrected chi connectivity index (χ3v) is 8.33. The molecule has 0 bridgehead atoms. The lowest BCUT2D eigenvalue weighted by atomic mass is 9.78. The second-order valence-electron chi connectivity index (χ2n) is 10.6. The van der Waals surface area contributed by atoms with Gasteiger partial charge in [0.15, 0.2) is 0 Å². The molecule has 5 aromatic rings. The number of benzene rings is 4. The molecule has 0 fully saturated rings. The van der Waals surface area contributed by atoms with E-state index in [0.717, 1.165) is 57.5 Å². The standard InChI is InChI=1S/C37H30N2O/c1-4-32-28-14-10-9-13-27(28)29-18-15-25-16-19-30-31-22-26(24-11-7-6-8-12-24)17-20-35(31)40-37(30)36(25)33(5-2)38-23(3)21-34(29)39-32/h4-14,16-17,19-20,22,29,34H,1-3,15,18,21H2. The summed E-state index contributed by atoms with van der Waals surface area (Å²) in [5.41, 5.74) is 11.4. The van der Waals surface area contributed by atoms with Crippen LogP contribution in [0.1, 0.15) is 41.0 Å². The molecule has 0 saturated carbocycles. The van der Waals surface area contributed by atoms with Crippen LogP contribution in [0.4, 0.5) is 0 Å². The first-order valence-corrected chi connectivity index (χ1v) is 13.9. The SMILES string of the molecule is C=CC1=NC2CC(=C)N=C(C=C)c3c(ccc4c3oc3ccc(-c5ccccc5)cc34)CCC2c2ccccc21. The molecule has 194 valence electrons. The molecule has 1 aromatic heterocycles. The van der Waals surface area contributed by atoms with E-state index >= 15 is 0 Å². The van der Waals surface area contributed by atoms with Gasteiger partial charge in [0.1, 0.15) is 11.2 Å². The summed E-state index contributed by atoms with van der Waals surface area (Å²) in [6.45, 7) is 12.5. The maximum Gasteiger partial charge on any atom is 0.145 e. The molecule has 0 aliphatic carbocycles. The van der Waals surface area contributed by atoms with Crippen molar-refractivity contribution >= 4 is 33.4 Å². The fourth-order valence-electron chi connectivity index (χ4n) is 6.45. The third-order valence-electron chi connectivity index (χ3n) is 8.33. The van der Waals surface area contributed by atoms with E-state index in [2.05, 4.69) is 98.6 Å². The van der Waals surface area contributed by atoms with Gasteiger partial charge in [-0.15, -0.1) is 0 Å². The molecule has 0 spiro atoms. The van der Waals surface area contributed by atoms with Crippen molar-refractivity contribution in [3.8, 4) is 11.1 Å². The normalized spacial score (nSPS) is 18.8. The summed E-state index contributed by atoms with van der Waals surface area (Å²) in [4.78, 5) is 10.2. The minimum atomic E-state index is 0.0677. The number of hydrogen-bond acceptors (Lipinski definition) is 3. The van der Waals surface area contributed by atoms with Crippen LogP contribution < -0.4 is 0 Å². The molecule has 0 amide bonds. The summed E-state index contributed by atoms with van der Waals surface area (Å²) in [5, 5.41) is 2.19. The van der Waals surface area contributed by atoms with Gasteiger partial charge in [-0.25, -0.2) is 0 Å². The van der Waals surface area contributed by atoms with Gasteiger partial charge in [-0.3, -0.25) is 9.98 Å². The summed E-state index contributed by atoms with van der Waals surface area (Å²) in [5.74, 6) is 0.268. The van der Waals surface area contributed by atoms with E-state index < -0.39 is 0 Å². The Balaban J connectivity index is 1.39. The van der Waals surface area contributed by atoms with E-state index in [4.69, 9.17) is 14.4 Å². The zero-order valence-electron chi connectivity index (χ0n) is 22.4. The quantitative estimate of drug-likeness (QED) is 0.235. The maximum atomic E-state index is 6.58. The van der Waals surface area contributed by atoms with Crippen LogP contribution in [0, 0.1) is 0 Å². The Morgan fingerprint density at radius 3 is 2.42 bits per heavy atom. The van der Waals surface area contributed by atoms with Crippen LogP contribution in [0.15, 0.2) is 137 Å². The van der Waals surface area contributed by atoms with Crippen molar-refractivity contribution in [3.63, 3.8) is 0 Å². The zero-order valence-corrected chi connectivity index (χ0v) is 22.4. The van der Waals surface area contributed by atoms with Crippen molar-refractivity contribution in [1.29, 1.82) is 0 Å². The number of aliphatic imine (C=N–C) groups is 2. The zero-order chi connectivity index (χ0) is 27.2. The van der Waals surface area contributed by atoms with Gasteiger partial charge in [0.2, 0.25) is 0 Å². The molecule has 2 aliphatic heterocycles. The topological polar surface area (TPSA) is 37.9 Å². The highest BCUT2D eigenvalue weighted by atomic mass is 16.3. The Morgan fingerprint density at radius 1 is 0.800 bits per heavy atom. The first-order valence-electron chi connectivity index (χ1n) is 13.9. The lowest BCUT2D eigenvalue weighted by Crippen LogP contribution is -2.27. The van der Waals surface area contributed by atoms with Gasteiger partial charge in [0, 0.05) is 39.9 Å². The Labute approximate surface area is 234 Å². The number of aryl methyl sites for hydroxylation is 1. The van der Waals surface area contributed by atoms with Crippen LogP contribution in [0.5, 0.6) is 0 Å². The van der Waals surface area contributed by atoms with Crippen molar-refractivity contribution < 1.29 is 4.42 Å².